The lowest BCUT2D eigenvalue weighted by molar-refractivity contribution is 0.102. The van der Waals surface area contributed by atoms with Crippen molar-refractivity contribution in [3.63, 3.8) is 0 Å². The molecule has 98 valence electrons. The summed E-state index contributed by atoms with van der Waals surface area (Å²) in [7, 11) is 0. The van der Waals surface area contributed by atoms with Crippen molar-refractivity contribution in [1.29, 1.82) is 0 Å². The van der Waals surface area contributed by atoms with Gasteiger partial charge in [-0.05, 0) is 68.6 Å². The third-order valence-electron chi connectivity index (χ3n) is 2.45. The van der Waals surface area contributed by atoms with E-state index in [4.69, 9.17) is 0 Å². The lowest BCUT2D eigenvalue weighted by Gasteiger charge is -2.07. The third kappa shape index (κ3) is 3.39. The lowest BCUT2D eigenvalue weighted by atomic mass is 10.2. The first-order chi connectivity index (χ1) is 8.97. The number of carbonyl (C=O) groups excluding carboxylic acids is 1. The van der Waals surface area contributed by atoms with E-state index in [-0.39, 0.29) is 11.5 Å². The molecule has 0 unspecified atom stereocenters. The second-order valence-electron chi connectivity index (χ2n) is 3.91. The van der Waals surface area contributed by atoms with E-state index < -0.39 is 5.82 Å². The second-order valence-corrected chi connectivity index (χ2v) is 5.52. The molecule has 19 heavy (non-hydrogen) atoms. The average molecular weight is 388 g/mol. The van der Waals surface area contributed by atoms with E-state index in [1.165, 1.54) is 18.3 Å². The molecule has 1 amide bonds. The highest BCUT2D eigenvalue weighted by Gasteiger charge is 2.09. The standard InChI is InChI=1S/C13H9Br2FN2O/c1-7-4-9(6-17-12(7)15)18-13(19)8-2-3-10(14)11(16)5-8/h2-6H,1H3,(H,18,19). The summed E-state index contributed by atoms with van der Waals surface area (Å²) in [5, 5.41) is 2.67. The first-order valence-electron chi connectivity index (χ1n) is 5.36. The summed E-state index contributed by atoms with van der Waals surface area (Å²) in [6.45, 7) is 1.87. The fraction of sp³-hybridized carbons (Fsp3) is 0.0769. The van der Waals surface area contributed by atoms with E-state index in [0.717, 1.165) is 10.2 Å². The van der Waals surface area contributed by atoms with Crippen LogP contribution < -0.4 is 5.32 Å². The number of nitrogens with one attached hydrogen (secondary N) is 1. The number of pyridine rings is 1. The van der Waals surface area contributed by atoms with Gasteiger partial charge in [0.1, 0.15) is 10.4 Å². The van der Waals surface area contributed by atoms with Crippen LogP contribution in [0.5, 0.6) is 0 Å². The average Bonchev–Trinajstić information content (AvgIpc) is 2.37. The zero-order valence-electron chi connectivity index (χ0n) is 9.88. The van der Waals surface area contributed by atoms with Gasteiger partial charge in [0.2, 0.25) is 0 Å². The van der Waals surface area contributed by atoms with Gasteiger partial charge >= 0.3 is 0 Å². The summed E-state index contributed by atoms with van der Waals surface area (Å²) in [4.78, 5) is 16.0. The molecule has 1 aromatic heterocycles. The Bertz CT molecular complexity index is 647. The van der Waals surface area contributed by atoms with Crippen molar-refractivity contribution in [3.8, 4) is 0 Å². The van der Waals surface area contributed by atoms with Crippen LogP contribution in [0.15, 0.2) is 39.5 Å². The van der Waals surface area contributed by atoms with Gasteiger partial charge in [-0.1, -0.05) is 0 Å². The number of aryl methyl sites for hydroxylation is 1. The largest absolute Gasteiger partial charge is 0.321 e. The molecular formula is C13H9Br2FN2O. The van der Waals surface area contributed by atoms with Gasteiger partial charge in [-0.15, -0.1) is 0 Å². The number of rotatable bonds is 2. The monoisotopic (exact) mass is 386 g/mol. The number of anilines is 1. The molecule has 0 spiro atoms. The molecule has 0 saturated carbocycles. The molecule has 0 bridgehead atoms. The fourth-order valence-electron chi connectivity index (χ4n) is 1.47. The quantitative estimate of drug-likeness (QED) is 0.780. The number of aromatic nitrogens is 1. The molecule has 0 aliphatic carbocycles. The van der Waals surface area contributed by atoms with Gasteiger partial charge < -0.3 is 5.32 Å². The Balaban J connectivity index is 2.20. The maximum atomic E-state index is 13.3. The van der Waals surface area contributed by atoms with Crippen LogP contribution in [0.1, 0.15) is 15.9 Å². The van der Waals surface area contributed by atoms with Crippen LogP contribution >= 0.6 is 31.9 Å². The van der Waals surface area contributed by atoms with E-state index in [1.54, 1.807) is 12.1 Å². The number of amides is 1. The molecule has 2 rings (SSSR count). The predicted molar refractivity (Wildman–Crippen MR) is 78.7 cm³/mol. The molecular weight excluding hydrogens is 379 g/mol. The highest BCUT2D eigenvalue weighted by Crippen LogP contribution is 2.19. The second kappa shape index (κ2) is 5.79. The molecule has 0 atom stereocenters. The number of nitrogens with zero attached hydrogens (tertiary/aromatic N) is 1. The van der Waals surface area contributed by atoms with Crippen molar-refractivity contribution in [3.05, 3.63) is 56.5 Å². The zero-order valence-corrected chi connectivity index (χ0v) is 13.0. The van der Waals surface area contributed by atoms with E-state index in [1.807, 2.05) is 6.92 Å². The molecule has 6 heteroatoms. The number of hydrogen-bond acceptors (Lipinski definition) is 2. The Hall–Kier alpha value is -1.27. The zero-order chi connectivity index (χ0) is 14.0. The smallest absolute Gasteiger partial charge is 0.255 e. The molecule has 1 aromatic carbocycles. The van der Waals surface area contributed by atoms with Crippen molar-refractivity contribution in [2.75, 3.05) is 5.32 Å². The predicted octanol–water partition coefficient (Wildman–Crippen LogP) is 4.31. The summed E-state index contributed by atoms with van der Waals surface area (Å²) >= 11 is 6.32. The first kappa shape index (κ1) is 14.1. The van der Waals surface area contributed by atoms with Crippen molar-refractivity contribution in [1.82, 2.24) is 4.98 Å². The number of carbonyl (C=O) groups is 1. The Morgan fingerprint density at radius 2 is 2.05 bits per heavy atom. The highest BCUT2D eigenvalue weighted by atomic mass is 79.9. The number of benzene rings is 1. The minimum absolute atomic E-state index is 0.251. The Labute approximate surface area is 126 Å². The van der Waals surface area contributed by atoms with Crippen LogP contribution in [0.3, 0.4) is 0 Å². The van der Waals surface area contributed by atoms with Gasteiger partial charge in [0.15, 0.2) is 0 Å². The summed E-state index contributed by atoms with van der Waals surface area (Å²) in [5.41, 5.74) is 1.72. The van der Waals surface area contributed by atoms with E-state index in [0.29, 0.717) is 10.2 Å². The van der Waals surface area contributed by atoms with Crippen LogP contribution in [0.4, 0.5) is 10.1 Å². The topological polar surface area (TPSA) is 42.0 Å². The van der Waals surface area contributed by atoms with Gasteiger partial charge in [0.05, 0.1) is 16.4 Å². The SMILES string of the molecule is Cc1cc(NC(=O)c2ccc(Br)c(F)c2)cnc1Br. The van der Waals surface area contributed by atoms with Crippen LogP contribution in [-0.4, -0.2) is 10.9 Å². The normalized spacial score (nSPS) is 10.3. The van der Waals surface area contributed by atoms with Gasteiger partial charge in [-0.2, -0.15) is 0 Å². The Morgan fingerprint density at radius 1 is 1.32 bits per heavy atom. The van der Waals surface area contributed by atoms with Gasteiger partial charge in [0.25, 0.3) is 5.91 Å². The van der Waals surface area contributed by atoms with Crippen molar-refractivity contribution >= 4 is 43.5 Å². The molecule has 1 heterocycles. The van der Waals surface area contributed by atoms with Crippen molar-refractivity contribution in [2.45, 2.75) is 6.92 Å². The summed E-state index contributed by atoms with van der Waals surface area (Å²) < 4.78 is 14.4. The summed E-state index contributed by atoms with van der Waals surface area (Å²) in [6.07, 6.45) is 1.53. The van der Waals surface area contributed by atoms with Crippen LogP contribution in [0, 0.1) is 12.7 Å². The van der Waals surface area contributed by atoms with Crippen LogP contribution in [0.2, 0.25) is 0 Å². The van der Waals surface area contributed by atoms with E-state index >= 15 is 0 Å². The first-order valence-corrected chi connectivity index (χ1v) is 6.94. The van der Waals surface area contributed by atoms with Gasteiger partial charge in [0, 0.05) is 5.56 Å². The molecule has 1 N–H and O–H groups in total. The Morgan fingerprint density at radius 3 is 2.68 bits per heavy atom. The molecule has 0 aliphatic rings. The minimum Gasteiger partial charge on any atom is -0.321 e. The van der Waals surface area contributed by atoms with Gasteiger partial charge in [-0.3, -0.25) is 4.79 Å². The third-order valence-corrected chi connectivity index (χ3v) is 3.93. The lowest BCUT2D eigenvalue weighted by Crippen LogP contribution is -2.12. The molecule has 0 aliphatic heterocycles. The maximum absolute atomic E-state index is 13.3. The Kier molecular flexibility index (Phi) is 4.31. The molecule has 0 fully saturated rings. The molecule has 0 saturated heterocycles. The van der Waals surface area contributed by atoms with Crippen LogP contribution in [0.25, 0.3) is 0 Å². The van der Waals surface area contributed by atoms with Crippen molar-refractivity contribution < 1.29 is 9.18 Å². The number of hydrogen-bond donors (Lipinski definition) is 1. The summed E-state index contributed by atoms with van der Waals surface area (Å²) in [5.74, 6) is -0.854. The van der Waals surface area contributed by atoms with Crippen LogP contribution in [-0.2, 0) is 0 Å². The van der Waals surface area contributed by atoms with E-state index in [9.17, 15) is 9.18 Å². The van der Waals surface area contributed by atoms with E-state index in [2.05, 4.69) is 42.2 Å². The molecule has 2 aromatic rings. The highest BCUT2D eigenvalue weighted by molar-refractivity contribution is 9.10. The number of halogens is 3. The van der Waals surface area contributed by atoms with Gasteiger partial charge in [-0.25, -0.2) is 9.37 Å². The maximum Gasteiger partial charge on any atom is 0.255 e. The fourth-order valence-corrected chi connectivity index (χ4v) is 1.93. The molecule has 0 radical (unpaired) electrons. The minimum atomic E-state index is -0.474. The summed E-state index contributed by atoms with van der Waals surface area (Å²) in [6, 6.07) is 6.00. The molecule has 3 nitrogen and oxygen atoms in total. The van der Waals surface area contributed by atoms with Crippen molar-refractivity contribution in [2.24, 2.45) is 0 Å².